The van der Waals surface area contributed by atoms with Gasteiger partial charge in [0.25, 0.3) is 5.91 Å². The number of carbonyl (C=O) groups is 2. The van der Waals surface area contributed by atoms with E-state index in [0.29, 0.717) is 22.6 Å². The summed E-state index contributed by atoms with van der Waals surface area (Å²) >= 11 is 0. The molecule has 0 spiro atoms. The number of halogens is 3. The van der Waals surface area contributed by atoms with Crippen molar-refractivity contribution in [2.75, 3.05) is 13.7 Å². The van der Waals surface area contributed by atoms with E-state index < -0.39 is 23.6 Å². The highest BCUT2D eigenvalue weighted by Gasteiger charge is 2.58. The van der Waals surface area contributed by atoms with Crippen LogP contribution in [0, 0.1) is 6.92 Å². The van der Waals surface area contributed by atoms with Crippen LogP contribution in [0.2, 0.25) is 0 Å². The van der Waals surface area contributed by atoms with Gasteiger partial charge in [-0.15, -0.1) is 5.06 Å². The molecule has 1 fully saturated rings. The molecule has 46 heavy (non-hydrogen) atoms. The molecule has 236 valence electrons. The second kappa shape index (κ2) is 12.0. The molecule has 7 rings (SSSR count). The summed E-state index contributed by atoms with van der Waals surface area (Å²) in [5.74, 6) is 0.553. The van der Waals surface area contributed by atoms with Crippen LogP contribution in [0.4, 0.5) is 13.2 Å². The number of hydrogen-bond donors (Lipinski definition) is 0. The van der Waals surface area contributed by atoms with Crippen LogP contribution in [0.3, 0.4) is 0 Å². The van der Waals surface area contributed by atoms with Gasteiger partial charge in [-0.25, -0.2) is 0 Å². The number of carbonyl (C=O) groups excluding carboxylic acids is 2. The Labute approximate surface area is 263 Å². The van der Waals surface area contributed by atoms with Crippen molar-refractivity contribution in [1.82, 2.24) is 9.63 Å². The van der Waals surface area contributed by atoms with Crippen molar-refractivity contribution in [3.8, 4) is 11.5 Å². The first-order valence-corrected chi connectivity index (χ1v) is 14.6. The molecule has 3 heterocycles. The van der Waals surface area contributed by atoms with Crippen LogP contribution < -0.4 is 9.57 Å². The monoisotopic (exact) mass is 628 g/mol. The topological polar surface area (TPSA) is 69.8 Å². The lowest BCUT2D eigenvalue weighted by atomic mass is 10.0. The van der Waals surface area contributed by atoms with Crippen molar-refractivity contribution in [3.05, 3.63) is 131 Å². The third kappa shape index (κ3) is 5.95. The fourth-order valence-corrected chi connectivity index (χ4v) is 5.65. The molecule has 5 aromatic rings. The van der Waals surface area contributed by atoms with E-state index in [-0.39, 0.29) is 29.5 Å². The van der Waals surface area contributed by atoms with Crippen molar-refractivity contribution < 1.29 is 37.1 Å². The molecular weight excluding hydrogens is 597 g/mol. The average Bonchev–Trinajstić information content (AvgIpc) is 3.52. The summed E-state index contributed by atoms with van der Waals surface area (Å²) in [4.78, 5) is 31.5. The number of hydrogen-bond acceptors (Lipinski definition) is 6. The Kier molecular flexibility index (Phi) is 8.08. The Balaban J connectivity index is 0.000000279. The number of benzene rings is 4. The quantitative estimate of drug-likeness (QED) is 0.144. The Morgan fingerprint density at radius 2 is 1.63 bits per heavy atom. The van der Waals surface area contributed by atoms with Gasteiger partial charge in [-0.05, 0) is 73.5 Å². The Bertz CT molecular complexity index is 1920. The molecule has 0 bridgehead atoms. The first-order chi connectivity index (χ1) is 22.0. The van der Waals surface area contributed by atoms with Gasteiger partial charge < -0.3 is 14.3 Å². The molecule has 2 aliphatic rings. The van der Waals surface area contributed by atoms with Gasteiger partial charge >= 0.3 is 12.1 Å². The predicted octanol–water partition coefficient (Wildman–Crippen LogP) is 7.48. The summed E-state index contributed by atoms with van der Waals surface area (Å²) in [6, 6.07) is 26.8. The number of ether oxygens (including phenoxy) is 2. The highest BCUT2D eigenvalue weighted by Crippen LogP contribution is 2.52. The molecule has 0 amide bonds. The molecule has 2 atom stereocenters. The van der Waals surface area contributed by atoms with Crippen molar-refractivity contribution in [2.45, 2.75) is 38.6 Å². The lowest BCUT2D eigenvalue weighted by Gasteiger charge is -2.09. The van der Waals surface area contributed by atoms with Crippen LogP contribution in [0.5, 0.6) is 11.5 Å². The van der Waals surface area contributed by atoms with Crippen LogP contribution in [-0.4, -0.2) is 35.2 Å². The summed E-state index contributed by atoms with van der Waals surface area (Å²) in [6.45, 7) is 4.90. The van der Waals surface area contributed by atoms with Gasteiger partial charge in [-0.3, -0.25) is 14.2 Å². The highest BCUT2D eigenvalue weighted by molar-refractivity contribution is 6.05. The number of rotatable bonds is 6. The smallest absolute Gasteiger partial charge is 0.416 e. The van der Waals surface area contributed by atoms with E-state index in [2.05, 4.69) is 19.1 Å². The molecule has 7 nitrogen and oxygen atoms in total. The molecule has 0 saturated carbocycles. The third-order valence-corrected chi connectivity index (χ3v) is 8.34. The van der Waals surface area contributed by atoms with E-state index in [1.807, 2.05) is 35.4 Å². The number of nitrogens with zero attached hydrogens (tertiary/aromatic N) is 2. The molecule has 10 heteroatoms. The van der Waals surface area contributed by atoms with Gasteiger partial charge in [0.2, 0.25) is 0 Å². The summed E-state index contributed by atoms with van der Waals surface area (Å²) in [6.07, 6.45) is -4.85. The van der Waals surface area contributed by atoms with E-state index in [0.717, 1.165) is 30.0 Å². The van der Waals surface area contributed by atoms with Gasteiger partial charge in [0.15, 0.2) is 5.75 Å². The van der Waals surface area contributed by atoms with E-state index in [1.165, 1.54) is 23.3 Å². The minimum Gasteiger partial charge on any atom is -0.497 e. The summed E-state index contributed by atoms with van der Waals surface area (Å²) in [5.41, 5.74) is 2.75. The molecule has 4 aromatic carbocycles. The molecule has 0 aliphatic carbocycles. The zero-order valence-corrected chi connectivity index (χ0v) is 25.4. The van der Waals surface area contributed by atoms with Gasteiger partial charge in [0, 0.05) is 22.2 Å². The van der Waals surface area contributed by atoms with Gasteiger partial charge in [0.05, 0.1) is 36.7 Å². The molecule has 2 aliphatic heterocycles. The Morgan fingerprint density at radius 1 is 0.935 bits per heavy atom. The molecule has 1 saturated heterocycles. The maximum Gasteiger partial charge on any atom is 0.416 e. The number of para-hydroxylation sites is 1. The standard InChI is InChI=1S/C27H22F3NO4.C9H9NO/c1-17-22(15-25(32)35-16-18-6-4-3-5-7-18)23-14-20(27(28,29)30)10-13-24(23)31(17)26(33)19-8-11-21(34-2)12-9-19;1-9-6-10(9)11-8-5-3-2-4-7(8)9/h3-14H,15-16H2,1-2H3;2-5H,6H2,1H3/t;9?,10-/m.0/s1. The fraction of sp³-hybridized carbons (Fsp3) is 0.222. The number of alkyl halides is 3. The van der Waals surface area contributed by atoms with Gasteiger partial charge in [0.1, 0.15) is 12.4 Å². The minimum absolute atomic E-state index is 0.0376. The maximum atomic E-state index is 13.4. The second-order valence-electron chi connectivity index (χ2n) is 11.4. The number of fused-ring (bicyclic) bond motifs is 4. The van der Waals surface area contributed by atoms with Gasteiger partial charge in [-0.2, -0.15) is 13.2 Å². The van der Waals surface area contributed by atoms with E-state index in [9.17, 15) is 22.8 Å². The zero-order chi connectivity index (χ0) is 32.6. The molecule has 0 N–H and O–H groups in total. The van der Waals surface area contributed by atoms with E-state index >= 15 is 0 Å². The Hall–Kier alpha value is -5.09. The SMILES string of the molecule is CC12C[N@]1Oc1ccccc12.COc1ccc(C(=O)n2c(C)c(CC(=O)OCc3ccccc3)c3cc(C(F)(F)F)ccc32)cc1. The average molecular weight is 629 g/mol. The normalized spacial score (nSPS) is 17.7. The predicted molar refractivity (Wildman–Crippen MR) is 165 cm³/mol. The lowest BCUT2D eigenvalue weighted by Crippen LogP contribution is -2.14. The third-order valence-electron chi connectivity index (χ3n) is 8.34. The van der Waals surface area contributed by atoms with Crippen molar-refractivity contribution in [2.24, 2.45) is 0 Å². The van der Waals surface area contributed by atoms with Crippen molar-refractivity contribution in [1.29, 1.82) is 0 Å². The van der Waals surface area contributed by atoms with E-state index in [1.54, 1.807) is 43.3 Å². The number of methoxy groups -OCH3 is 1. The first-order valence-electron chi connectivity index (χ1n) is 14.6. The highest BCUT2D eigenvalue weighted by atomic mass is 19.4. The second-order valence-corrected chi connectivity index (χ2v) is 11.4. The van der Waals surface area contributed by atoms with E-state index in [4.69, 9.17) is 14.3 Å². The largest absolute Gasteiger partial charge is 0.497 e. The van der Waals surface area contributed by atoms with Crippen molar-refractivity contribution >= 4 is 22.8 Å². The first kappa shape index (κ1) is 30.9. The minimum atomic E-state index is -4.57. The number of esters is 1. The molecule has 1 aromatic heterocycles. The maximum absolute atomic E-state index is 13.4. The van der Waals surface area contributed by atoms with Crippen LogP contribution in [0.15, 0.2) is 97.1 Å². The van der Waals surface area contributed by atoms with Gasteiger partial charge in [-0.1, -0.05) is 48.5 Å². The zero-order valence-electron chi connectivity index (χ0n) is 25.4. The summed E-state index contributed by atoms with van der Waals surface area (Å²) in [7, 11) is 1.50. The summed E-state index contributed by atoms with van der Waals surface area (Å²) in [5, 5.41) is 2.19. The molecule has 0 radical (unpaired) electrons. The fourth-order valence-electron chi connectivity index (χ4n) is 5.65. The van der Waals surface area contributed by atoms with Crippen LogP contribution in [0.1, 0.15) is 45.2 Å². The Morgan fingerprint density at radius 3 is 2.30 bits per heavy atom. The lowest BCUT2D eigenvalue weighted by molar-refractivity contribution is -0.144. The summed E-state index contributed by atoms with van der Waals surface area (Å²) < 4.78 is 52.1. The van der Waals surface area contributed by atoms with Crippen molar-refractivity contribution in [3.63, 3.8) is 0 Å². The van der Waals surface area contributed by atoms with Crippen LogP contribution in [-0.2, 0) is 34.3 Å². The number of hydroxylamine groups is 2. The molecule has 1 unspecified atom stereocenters. The van der Waals surface area contributed by atoms with Crippen LogP contribution >= 0.6 is 0 Å². The van der Waals surface area contributed by atoms with Crippen LogP contribution in [0.25, 0.3) is 10.9 Å². The molecular formula is C36H31F3N2O5. The number of aromatic nitrogens is 1.